The lowest BCUT2D eigenvalue weighted by Gasteiger charge is -2.33. The highest BCUT2D eigenvalue weighted by molar-refractivity contribution is 6.30. The van der Waals surface area contributed by atoms with Crippen LogP contribution in [-0.4, -0.2) is 16.7 Å². The summed E-state index contributed by atoms with van der Waals surface area (Å²) in [6, 6.07) is 10.8. The molecular formula is C14H12ClNO2. The Kier molecular flexibility index (Phi) is 2.73. The summed E-state index contributed by atoms with van der Waals surface area (Å²) in [6.45, 7) is 0.470. The van der Waals surface area contributed by atoms with Gasteiger partial charge in [0.1, 0.15) is 17.0 Å². The summed E-state index contributed by atoms with van der Waals surface area (Å²) in [5, 5.41) is 11.5. The second-order valence-electron chi connectivity index (χ2n) is 4.32. The van der Waals surface area contributed by atoms with Crippen molar-refractivity contribution >= 4 is 11.6 Å². The third-order valence-electron chi connectivity index (χ3n) is 3.21. The van der Waals surface area contributed by atoms with Crippen LogP contribution in [0.1, 0.15) is 17.7 Å². The van der Waals surface area contributed by atoms with Crippen LogP contribution in [0.2, 0.25) is 5.02 Å². The van der Waals surface area contributed by atoms with Gasteiger partial charge in [0.25, 0.3) is 0 Å². The molecule has 2 aromatic rings. The van der Waals surface area contributed by atoms with Crippen LogP contribution in [0.15, 0.2) is 42.6 Å². The molecule has 1 aliphatic rings. The molecule has 3 nitrogen and oxygen atoms in total. The van der Waals surface area contributed by atoms with Crippen LogP contribution in [0.3, 0.4) is 0 Å². The summed E-state index contributed by atoms with van der Waals surface area (Å²) < 4.78 is 5.52. The minimum Gasteiger partial charge on any atom is -0.491 e. The molecule has 0 bridgehead atoms. The summed E-state index contributed by atoms with van der Waals surface area (Å²) >= 11 is 5.87. The maximum absolute atomic E-state index is 10.9. The zero-order chi connectivity index (χ0) is 12.6. The van der Waals surface area contributed by atoms with E-state index in [-0.39, 0.29) is 0 Å². The Balaban J connectivity index is 2.13. The first-order valence-corrected chi connectivity index (χ1v) is 6.15. The maximum Gasteiger partial charge on any atom is 0.144 e. The van der Waals surface area contributed by atoms with Gasteiger partial charge in [0.2, 0.25) is 0 Å². The topological polar surface area (TPSA) is 42.4 Å². The molecule has 1 N–H and O–H groups in total. The van der Waals surface area contributed by atoms with Crippen molar-refractivity contribution in [2.24, 2.45) is 0 Å². The molecule has 0 radical (unpaired) electrons. The number of pyridine rings is 1. The number of hydrogen-bond acceptors (Lipinski definition) is 3. The van der Waals surface area contributed by atoms with E-state index >= 15 is 0 Å². The largest absolute Gasteiger partial charge is 0.491 e. The molecular weight excluding hydrogens is 250 g/mol. The Morgan fingerprint density at radius 3 is 2.78 bits per heavy atom. The van der Waals surface area contributed by atoms with Crippen molar-refractivity contribution in [2.75, 3.05) is 6.61 Å². The fourth-order valence-electron chi connectivity index (χ4n) is 2.25. The summed E-state index contributed by atoms with van der Waals surface area (Å²) in [5.74, 6) is 0.640. The van der Waals surface area contributed by atoms with E-state index in [0.29, 0.717) is 29.5 Å². The van der Waals surface area contributed by atoms with Gasteiger partial charge in [-0.2, -0.15) is 0 Å². The summed E-state index contributed by atoms with van der Waals surface area (Å²) in [6.07, 6.45) is 2.15. The molecule has 0 spiro atoms. The Morgan fingerprint density at radius 1 is 1.22 bits per heavy atom. The van der Waals surface area contributed by atoms with Crippen LogP contribution in [0.25, 0.3) is 0 Å². The van der Waals surface area contributed by atoms with E-state index in [1.807, 2.05) is 18.2 Å². The predicted molar refractivity (Wildman–Crippen MR) is 68.8 cm³/mol. The van der Waals surface area contributed by atoms with Crippen molar-refractivity contribution in [2.45, 2.75) is 12.0 Å². The fourth-order valence-corrected chi connectivity index (χ4v) is 2.38. The first-order chi connectivity index (χ1) is 8.70. The number of benzene rings is 1. The lowest BCUT2D eigenvalue weighted by Crippen LogP contribution is -2.34. The molecule has 3 rings (SSSR count). The van der Waals surface area contributed by atoms with Crippen molar-refractivity contribution in [1.29, 1.82) is 0 Å². The van der Waals surface area contributed by atoms with E-state index in [9.17, 15) is 5.11 Å². The van der Waals surface area contributed by atoms with Crippen LogP contribution in [0.5, 0.6) is 5.75 Å². The fraction of sp³-hybridized carbons (Fsp3) is 0.214. The second-order valence-corrected chi connectivity index (χ2v) is 4.75. The molecule has 0 amide bonds. The summed E-state index contributed by atoms with van der Waals surface area (Å²) in [7, 11) is 0. The van der Waals surface area contributed by atoms with Crippen LogP contribution >= 0.6 is 11.6 Å². The molecule has 0 aliphatic carbocycles. The van der Waals surface area contributed by atoms with Gasteiger partial charge in [-0.05, 0) is 29.8 Å². The van der Waals surface area contributed by atoms with Crippen LogP contribution in [-0.2, 0) is 5.60 Å². The molecule has 2 heterocycles. The molecule has 0 fully saturated rings. The van der Waals surface area contributed by atoms with E-state index in [2.05, 4.69) is 4.98 Å². The number of nitrogens with zero attached hydrogens (tertiary/aromatic N) is 1. The van der Waals surface area contributed by atoms with Crippen molar-refractivity contribution in [3.05, 3.63) is 58.9 Å². The normalized spacial score (nSPS) is 22.1. The highest BCUT2D eigenvalue weighted by Crippen LogP contribution is 2.40. The van der Waals surface area contributed by atoms with Gasteiger partial charge in [0.05, 0.1) is 6.61 Å². The van der Waals surface area contributed by atoms with Gasteiger partial charge in [0, 0.05) is 17.6 Å². The third kappa shape index (κ3) is 1.76. The van der Waals surface area contributed by atoms with Crippen LogP contribution in [0, 0.1) is 0 Å². The second kappa shape index (κ2) is 4.26. The quantitative estimate of drug-likeness (QED) is 0.858. The Labute approximate surface area is 110 Å². The van der Waals surface area contributed by atoms with Crippen molar-refractivity contribution in [1.82, 2.24) is 4.98 Å². The van der Waals surface area contributed by atoms with Crippen molar-refractivity contribution in [3.8, 4) is 5.75 Å². The molecule has 1 aromatic carbocycles. The summed E-state index contributed by atoms with van der Waals surface area (Å²) in [4.78, 5) is 4.26. The zero-order valence-electron chi connectivity index (χ0n) is 9.64. The van der Waals surface area contributed by atoms with Gasteiger partial charge >= 0.3 is 0 Å². The zero-order valence-corrected chi connectivity index (χ0v) is 10.4. The number of fused-ring (bicyclic) bond motifs is 1. The Hall–Kier alpha value is -1.58. The minimum atomic E-state index is -1.10. The highest BCUT2D eigenvalue weighted by Gasteiger charge is 2.38. The smallest absolute Gasteiger partial charge is 0.144 e. The molecule has 1 aromatic heterocycles. The monoisotopic (exact) mass is 261 g/mol. The van der Waals surface area contributed by atoms with E-state index in [1.165, 1.54) is 0 Å². The number of aromatic nitrogens is 1. The highest BCUT2D eigenvalue weighted by atomic mass is 35.5. The number of rotatable bonds is 1. The Bertz CT molecular complexity index is 570. The van der Waals surface area contributed by atoms with E-state index in [4.69, 9.17) is 16.3 Å². The van der Waals surface area contributed by atoms with Gasteiger partial charge in [-0.3, -0.25) is 4.98 Å². The lowest BCUT2D eigenvalue weighted by molar-refractivity contribution is 0.0301. The van der Waals surface area contributed by atoms with Crippen molar-refractivity contribution in [3.63, 3.8) is 0 Å². The number of ether oxygens (including phenoxy) is 1. The van der Waals surface area contributed by atoms with E-state index in [0.717, 1.165) is 5.56 Å². The predicted octanol–water partition coefficient (Wildman–Crippen LogP) is 2.75. The number of aliphatic hydroxyl groups is 1. The number of halogens is 1. The Morgan fingerprint density at radius 2 is 2.00 bits per heavy atom. The third-order valence-corrected chi connectivity index (χ3v) is 3.46. The van der Waals surface area contributed by atoms with Gasteiger partial charge in [-0.25, -0.2) is 0 Å². The lowest BCUT2D eigenvalue weighted by atomic mass is 9.85. The molecule has 18 heavy (non-hydrogen) atoms. The minimum absolute atomic E-state index is 0.470. The molecule has 1 aliphatic heterocycles. The van der Waals surface area contributed by atoms with Crippen LogP contribution < -0.4 is 4.74 Å². The first-order valence-electron chi connectivity index (χ1n) is 5.77. The van der Waals surface area contributed by atoms with E-state index < -0.39 is 5.60 Å². The molecule has 0 saturated heterocycles. The van der Waals surface area contributed by atoms with Crippen molar-refractivity contribution < 1.29 is 9.84 Å². The standard InChI is InChI=1S/C14H12ClNO2/c15-11-5-3-10(4-6-11)14(17)7-9-18-12-2-1-8-16-13(12)14/h1-6,8,17H,7,9H2. The molecule has 1 unspecified atom stereocenters. The van der Waals surface area contributed by atoms with E-state index in [1.54, 1.807) is 24.4 Å². The molecule has 1 atom stereocenters. The average Bonchev–Trinajstić information content (AvgIpc) is 2.40. The van der Waals surface area contributed by atoms with Gasteiger partial charge in [0.15, 0.2) is 0 Å². The number of hydrogen-bond donors (Lipinski definition) is 1. The van der Waals surface area contributed by atoms with Gasteiger partial charge in [-0.15, -0.1) is 0 Å². The SMILES string of the molecule is OC1(c2ccc(Cl)cc2)CCOc2cccnc21. The van der Waals surface area contributed by atoms with Gasteiger partial charge in [-0.1, -0.05) is 23.7 Å². The first kappa shape index (κ1) is 11.5. The summed E-state index contributed by atoms with van der Waals surface area (Å²) in [5.41, 5.74) is 0.258. The van der Waals surface area contributed by atoms with Gasteiger partial charge < -0.3 is 9.84 Å². The van der Waals surface area contributed by atoms with Crippen LogP contribution in [0.4, 0.5) is 0 Å². The molecule has 0 saturated carbocycles. The molecule has 4 heteroatoms. The maximum atomic E-state index is 10.9. The molecule has 92 valence electrons. The average molecular weight is 262 g/mol.